The number of nitrogens with one attached hydrogen (secondary N) is 1. The summed E-state index contributed by atoms with van der Waals surface area (Å²) in [6.45, 7) is 4.70. The predicted octanol–water partition coefficient (Wildman–Crippen LogP) is 4.33. The molecule has 0 bridgehead atoms. The van der Waals surface area contributed by atoms with Gasteiger partial charge in [0.2, 0.25) is 0 Å². The monoisotopic (exact) mass is 460 g/mol. The van der Waals surface area contributed by atoms with E-state index in [2.05, 4.69) is 38.6 Å². The first-order valence-corrected chi connectivity index (χ1v) is 12.1. The van der Waals surface area contributed by atoms with Gasteiger partial charge in [-0.25, -0.2) is 0 Å². The minimum atomic E-state index is 0.493. The molecule has 1 aromatic carbocycles. The second-order valence-electron chi connectivity index (χ2n) is 9.10. The Morgan fingerprint density at radius 2 is 1.91 bits per heavy atom. The van der Waals surface area contributed by atoms with Crippen LogP contribution >= 0.6 is 0 Å². The van der Waals surface area contributed by atoms with Gasteiger partial charge in [-0.05, 0) is 74.2 Å². The Morgan fingerprint density at radius 3 is 2.68 bits per heavy atom. The number of aromatic nitrogens is 1. The molecule has 2 aromatic heterocycles. The fourth-order valence-electron chi connectivity index (χ4n) is 5.03. The van der Waals surface area contributed by atoms with E-state index in [1.165, 1.54) is 5.56 Å². The number of likely N-dealkylation sites (tertiary alicyclic amines) is 1. The zero-order chi connectivity index (χ0) is 23.3. The van der Waals surface area contributed by atoms with Crippen molar-refractivity contribution in [3.05, 3.63) is 65.7 Å². The van der Waals surface area contributed by atoms with Crippen molar-refractivity contribution in [2.45, 2.75) is 38.3 Å². The highest BCUT2D eigenvalue weighted by molar-refractivity contribution is 6.04. The topological polar surface area (TPSA) is 83.1 Å². The molecular formula is C27H32N4O3. The number of rotatable bonds is 8. The van der Waals surface area contributed by atoms with Crippen LogP contribution < -0.4 is 5.32 Å². The maximum Gasteiger partial charge on any atom is 0.142 e. The number of aryl methyl sites for hydroxylation is 1. The van der Waals surface area contributed by atoms with Crippen LogP contribution in [0.15, 0.2) is 58.4 Å². The van der Waals surface area contributed by atoms with Gasteiger partial charge in [0.15, 0.2) is 0 Å². The molecule has 7 nitrogen and oxygen atoms in total. The summed E-state index contributed by atoms with van der Waals surface area (Å²) < 4.78 is 11.7. The minimum Gasteiger partial charge on any atom is -0.459 e. The van der Waals surface area contributed by atoms with Gasteiger partial charge in [-0.15, -0.1) is 0 Å². The van der Waals surface area contributed by atoms with Crippen molar-refractivity contribution in [3.63, 3.8) is 0 Å². The van der Waals surface area contributed by atoms with E-state index in [4.69, 9.17) is 9.15 Å². The molecule has 0 spiro atoms. The molecule has 1 saturated heterocycles. The predicted molar refractivity (Wildman–Crippen MR) is 132 cm³/mol. The Bertz CT molecular complexity index is 1130. The highest BCUT2D eigenvalue weighted by atomic mass is 16.5. The van der Waals surface area contributed by atoms with E-state index in [0.29, 0.717) is 12.6 Å². The average Bonchev–Trinajstić information content (AvgIpc) is 3.51. The van der Waals surface area contributed by atoms with E-state index >= 15 is 0 Å². The molecular weight excluding hydrogens is 428 g/mol. The number of furan rings is 1. The Morgan fingerprint density at radius 1 is 1.09 bits per heavy atom. The van der Waals surface area contributed by atoms with Crippen LogP contribution in [0.4, 0.5) is 0 Å². The lowest BCUT2D eigenvalue weighted by atomic mass is 9.99. The molecule has 2 aliphatic rings. The van der Waals surface area contributed by atoms with Crippen molar-refractivity contribution in [3.8, 4) is 22.5 Å². The summed E-state index contributed by atoms with van der Waals surface area (Å²) in [5.74, 6) is 1.80. The van der Waals surface area contributed by atoms with Gasteiger partial charge in [0, 0.05) is 48.8 Å². The highest BCUT2D eigenvalue weighted by Crippen LogP contribution is 2.37. The van der Waals surface area contributed by atoms with Crippen LogP contribution in [0, 0.1) is 0 Å². The largest absolute Gasteiger partial charge is 0.459 e. The van der Waals surface area contributed by atoms with Crippen molar-refractivity contribution in [2.75, 3.05) is 33.4 Å². The van der Waals surface area contributed by atoms with Crippen molar-refractivity contribution in [2.24, 2.45) is 5.16 Å². The molecule has 7 heteroatoms. The fourth-order valence-corrected chi connectivity index (χ4v) is 5.03. The number of pyridine rings is 1. The summed E-state index contributed by atoms with van der Waals surface area (Å²) in [7, 11) is 1.76. The van der Waals surface area contributed by atoms with Crippen molar-refractivity contribution >= 4 is 5.71 Å². The molecule has 1 aliphatic heterocycles. The van der Waals surface area contributed by atoms with E-state index < -0.39 is 0 Å². The van der Waals surface area contributed by atoms with Crippen LogP contribution in [0.3, 0.4) is 0 Å². The SMILES string of the molecule is COCCN1CCC(NCc2cc(-c3ccncc3)c(-c3ccc4c(c3)CC/C4=N\O)o2)CC1. The van der Waals surface area contributed by atoms with E-state index in [1.807, 2.05) is 30.6 Å². The molecule has 0 saturated carbocycles. The molecule has 1 fully saturated rings. The molecule has 0 atom stereocenters. The van der Waals surface area contributed by atoms with Gasteiger partial charge >= 0.3 is 0 Å². The number of benzene rings is 1. The summed E-state index contributed by atoms with van der Waals surface area (Å²) in [4.78, 5) is 6.64. The Kier molecular flexibility index (Phi) is 7.04. The van der Waals surface area contributed by atoms with Crippen molar-refractivity contribution < 1.29 is 14.4 Å². The lowest BCUT2D eigenvalue weighted by Crippen LogP contribution is -2.43. The van der Waals surface area contributed by atoms with Crippen LogP contribution in [0.25, 0.3) is 22.5 Å². The van der Waals surface area contributed by atoms with Crippen LogP contribution in [-0.4, -0.2) is 60.2 Å². The number of methoxy groups -OCH3 is 1. The van der Waals surface area contributed by atoms with Gasteiger partial charge in [-0.3, -0.25) is 4.98 Å². The Hall–Kier alpha value is -3.00. The van der Waals surface area contributed by atoms with Crippen LogP contribution in [-0.2, 0) is 17.7 Å². The maximum atomic E-state index is 9.26. The summed E-state index contributed by atoms with van der Waals surface area (Å²) in [6, 6.07) is 13.0. The molecule has 1 aliphatic carbocycles. The van der Waals surface area contributed by atoms with Gasteiger partial charge in [-0.1, -0.05) is 17.3 Å². The number of nitrogens with zero attached hydrogens (tertiary/aromatic N) is 3. The number of hydrogen-bond donors (Lipinski definition) is 2. The van der Waals surface area contributed by atoms with E-state index in [1.54, 1.807) is 7.11 Å². The minimum absolute atomic E-state index is 0.493. The van der Waals surface area contributed by atoms with Crippen LogP contribution in [0.5, 0.6) is 0 Å². The number of piperidine rings is 1. The van der Waals surface area contributed by atoms with E-state index in [-0.39, 0.29) is 0 Å². The molecule has 0 unspecified atom stereocenters. The van der Waals surface area contributed by atoms with Gasteiger partial charge in [0.05, 0.1) is 18.9 Å². The molecule has 34 heavy (non-hydrogen) atoms. The van der Waals surface area contributed by atoms with Gasteiger partial charge < -0.3 is 24.6 Å². The Labute approximate surface area is 200 Å². The first kappa shape index (κ1) is 22.8. The quantitative estimate of drug-likeness (QED) is 0.385. The average molecular weight is 461 g/mol. The molecule has 5 rings (SSSR count). The summed E-state index contributed by atoms with van der Waals surface area (Å²) in [6.07, 6.45) is 7.54. The van der Waals surface area contributed by atoms with Gasteiger partial charge in [-0.2, -0.15) is 0 Å². The first-order chi connectivity index (χ1) is 16.7. The van der Waals surface area contributed by atoms with Gasteiger partial charge in [0.1, 0.15) is 11.5 Å². The summed E-state index contributed by atoms with van der Waals surface area (Å²) in [5, 5.41) is 16.4. The number of ether oxygens (including phenoxy) is 1. The molecule has 178 valence electrons. The van der Waals surface area contributed by atoms with E-state index in [9.17, 15) is 5.21 Å². The summed E-state index contributed by atoms with van der Waals surface area (Å²) >= 11 is 0. The highest BCUT2D eigenvalue weighted by Gasteiger charge is 2.23. The lowest BCUT2D eigenvalue weighted by molar-refractivity contribution is 0.125. The lowest BCUT2D eigenvalue weighted by Gasteiger charge is -2.32. The van der Waals surface area contributed by atoms with Crippen molar-refractivity contribution in [1.82, 2.24) is 15.2 Å². The molecule has 0 amide bonds. The van der Waals surface area contributed by atoms with Crippen molar-refractivity contribution in [1.29, 1.82) is 0 Å². The third-order valence-electron chi connectivity index (χ3n) is 6.97. The van der Waals surface area contributed by atoms with Gasteiger partial charge in [0.25, 0.3) is 0 Å². The second-order valence-corrected chi connectivity index (χ2v) is 9.10. The smallest absolute Gasteiger partial charge is 0.142 e. The standard InChI is InChI=1S/C27H32N4O3/c1-33-15-14-31-12-8-22(9-13-31)29-18-23-17-25(19-6-10-28-11-7-19)27(34-23)21-2-4-24-20(16-21)3-5-26(24)30-32/h2,4,6-7,10-11,16-17,22,29,32H,3,5,8-9,12-15,18H2,1H3/b30-26+. The third kappa shape index (κ3) is 4.92. The normalized spacial score (nSPS) is 18.0. The number of oxime groups is 1. The first-order valence-electron chi connectivity index (χ1n) is 12.1. The third-order valence-corrected chi connectivity index (χ3v) is 6.97. The maximum absolute atomic E-state index is 9.26. The Balaban J connectivity index is 1.34. The molecule has 3 heterocycles. The van der Waals surface area contributed by atoms with Crippen LogP contribution in [0.1, 0.15) is 36.1 Å². The molecule has 2 N–H and O–H groups in total. The molecule has 0 radical (unpaired) electrons. The summed E-state index contributed by atoms with van der Waals surface area (Å²) in [5.41, 5.74) is 6.19. The van der Waals surface area contributed by atoms with Crippen LogP contribution in [0.2, 0.25) is 0 Å². The molecule has 3 aromatic rings. The second kappa shape index (κ2) is 10.5. The van der Waals surface area contributed by atoms with E-state index in [0.717, 1.165) is 91.4 Å². The fraction of sp³-hybridized carbons (Fsp3) is 0.407. The number of fused-ring (bicyclic) bond motifs is 1. The zero-order valence-corrected chi connectivity index (χ0v) is 19.7. The number of hydrogen-bond acceptors (Lipinski definition) is 7. The zero-order valence-electron chi connectivity index (χ0n) is 19.7.